The molecule has 29 heavy (non-hydrogen) atoms. The van der Waals surface area contributed by atoms with Crippen LogP contribution in [-0.2, 0) is 14.3 Å². The van der Waals surface area contributed by atoms with E-state index < -0.39 is 29.8 Å². The standard InChI is InChI=1S/C22H25NO6/c1-22(2,3)29-20(24)19-18(14-6-10-16(26-4)11-7-14)23(21(25)28-19)15-8-12-17(27-5)13-9-15/h6-13,18-19H,1-5H3/t18-,19+/m1/s1. The molecule has 1 heterocycles. The number of rotatable bonds is 5. The summed E-state index contributed by atoms with van der Waals surface area (Å²) >= 11 is 0. The van der Waals surface area contributed by atoms with Crippen molar-refractivity contribution in [2.75, 3.05) is 19.1 Å². The first-order chi connectivity index (χ1) is 13.7. The van der Waals surface area contributed by atoms with Gasteiger partial charge in [0.1, 0.15) is 23.1 Å². The highest BCUT2D eigenvalue weighted by Crippen LogP contribution is 2.39. The average Bonchev–Trinajstić information content (AvgIpc) is 3.04. The Morgan fingerprint density at radius 1 is 0.931 bits per heavy atom. The van der Waals surface area contributed by atoms with Crippen LogP contribution < -0.4 is 14.4 Å². The number of nitrogens with zero attached hydrogens (tertiary/aromatic N) is 1. The number of carbonyl (C=O) groups excluding carboxylic acids is 2. The maximum Gasteiger partial charge on any atom is 0.415 e. The second kappa shape index (κ2) is 8.03. The minimum absolute atomic E-state index is 0.586. The van der Waals surface area contributed by atoms with Gasteiger partial charge in [-0.25, -0.2) is 9.59 Å². The maximum absolute atomic E-state index is 12.8. The van der Waals surface area contributed by atoms with Crippen LogP contribution in [0.2, 0.25) is 0 Å². The molecule has 3 rings (SSSR count). The Morgan fingerprint density at radius 3 is 1.93 bits per heavy atom. The van der Waals surface area contributed by atoms with Gasteiger partial charge in [0.05, 0.1) is 14.2 Å². The third-order valence-electron chi connectivity index (χ3n) is 4.44. The van der Waals surface area contributed by atoms with E-state index in [2.05, 4.69) is 0 Å². The molecule has 2 aromatic rings. The van der Waals surface area contributed by atoms with Crippen molar-refractivity contribution in [3.63, 3.8) is 0 Å². The van der Waals surface area contributed by atoms with Crippen LogP contribution in [0, 0.1) is 0 Å². The Bertz CT molecular complexity index is 870. The SMILES string of the molecule is COc1ccc([C@@H]2[C@@H](C(=O)OC(C)(C)C)OC(=O)N2c2ccc(OC)cc2)cc1. The lowest BCUT2D eigenvalue weighted by Crippen LogP contribution is -2.37. The van der Waals surface area contributed by atoms with Gasteiger partial charge in [0.2, 0.25) is 6.10 Å². The lowest BCUT2D eigenvalue weighted by Gasteiger charge is -2.27. The van der Waals surface area contributed by atoms with Crippen LogP contribution >= 0.6 is 0 Å². The third kappa shape index (κ3) is 4.45. The topological polar surface area (TPSA) is 74.3 Å². The van der Waals surface area contributed by atoms with Gasteiger partial charge in [-0.2, -0.15) is 0 Å². The zero-order valence-electron chi connectivity index (χ0n) is 17.2. The first kappa shape index (κ1) is 20.5. The summed E-state index contributed by atoms with van der Waals surface area (Å²) < 4.78 is 21.4. The number of esters is 1. The summed E-state index contributed by atoms with van der Waals surface area (Å²) in [6.45, 7) is 5.31. The molecular formula is C22H25NO6. The largest absolute Gasteiger partial charge is 0.497 e. The fraction of sp³-hybridized carbons (Fsp3) is 0.364. The van der Waals surface area contributed by atoms with Crippen LogP contribution in [0.3, 0.4) is 0 Å². The molecule has 0 aromatic heterocycles. The van der Waals surface area contributed by atoms with Gasteiger partial charge in [0.15, 0.2) is 0 Å². The van der Waals surface area contributed by atoms with E-state index in [4.69, 9.17) is 18.9 Å². The number of benzene rings is 2. The number of hydrogen-bond donors (Lipinski definition) is 0. The molecule has 154 valence electrons. The van der Waals surface area contributed by atoms with Crippen molar-refractivity contribution in [2.24, 2.45) is 0 Å². The van der Waals surface area contributed by atoms with Gasteiger partial charge in [0.25, 0.3) is 0 Å². The van der Waals surface area contributed by atoms with Gasteiger partial charge in [-0.1, -0.05) is 12.1 Å². The van der Waals surface area contributed by atoms with Crippen molar-refractivity contribution in [3.8, 4) is 11.5 Å². The highest BCUT2D eigenvalue weighted by Gasteiger charge is 2.49. The first-order valence-electron chi connectivity index (χ1n) is 9.24. The summed E-state index contributed by atoms with van der Waals surface area (Å²) in [7, 11) is 3.14. The number of cyclic esters (lactones) is 1. The highest BCUT2D eigenvalue weighted by atomic mass is 16.6. The van der Waals surface area contributed by atoms with E-state index in [0.29, 0.717) is 17.2 Å². The van der Waals surface area contributed by atoms with Gasteiger partial charge < -0.3 is 18.9 Å². The van der Waals surface area contributed by atoms with E-state index in [0.717, 1.165) is 5.56 Å². The van der Waals surface area contributed by atoms with Crippen molar-refractivity contribution in [2.45, 2.75) is 38.5 Å². The summed E-state index contributed by atoms with van der Waals surface area (Å²) in [5, 5.41) is 0. The van der Waals surface area contributed by atoms with E-state index >= 15 is 0 Å². The van der Waals surface area contributed by atoms with Crippen LogP contribution in [0.25, 0.3) is 0 Å². The number of ether oxygens (including phenoxy) is 4. The molecule has 2 atom stereocenters. The Balaban J connectivity index is 2.02. The first-order valence-corrected chi connectivity index (χ1v) is 9.24. The van der Waals surface area contributed by atoms with Crippen molar-refractivity contribution >= 4 is 17.7 Å². The molecule has 0 unspecified atom stereocenters. The van der Waals surface area contributed by atoms with Gasteiger partial charge in [0, 0.05) is 5.69 Å². The second-order valence-electron chi connectivity index (χ2n) is 7.62. The predicted molar refractivity (Wildman–Crippen MR) is 107 cm³/mol. The lowest BCUT2D eigenvalue weighted by molar-refractivity contribution is -0.164. The van der Waals surface area contributed by atoms with E-state index in [9.17, 15) is 9.59 Å². The summed E-state index contributed by atoms with van der Waals surface area (Å²) in [6.07, 6.45) is -1.72. The maximum atomic E-state index is 12.8. The summed E-state index contributed by atoms with van der Waals surface area (Å²) in [5.74, 6) is 0.734. The van der Waals surface area contributed by atoms with Gasteiger partial charge in [-0.05, 0) is 62.7 Å². The Hall–Kier alpha value is -3.22. The van der Waals surface area contributed by atoms with Gasteiger partial charge in [-0.15, -0.1) is 0 Å². The van der Waals surface area contributed by atoms with Crippen molar-refractivity contribution in [1.29, 1.82) is 0 Å². The molecule has 0 aliphatic carbocycles. The highest BCUT2D eigenvalue weighted by molar-refractivity contribution is 5.96. The normalized spacial score (nSPS) is 18.9. The number of amides is 1. The van der Waals surface area contributed by atoms with E-state index in [1.807, 2.05) is 0 Å². The molecule has 0 saturated carbocycles. The number of hydrogen-bond acceptors (Lipinski definition) is 6. The fourth-order valence-electron chi connectivity index (χ4n) is 3.15. The molecule has 1 aliphatic rings. The van der Waals surface area contributed by atoms with Crippen LogP contribution in [0.1, 0.15) is 32.4 Å². The molecule has 1 fully saturated rings. The Kier molecular flexibility index (Phi) is 5.68. The Morgan fingerprint density at radius 2 is 1.45 bits per heavy atom. The smallest absolute Gasteiger partial charge is 0.415 e. The van der Waals surface area contributed by atoms with Crippen molar-refractivity contribution < 1.29 is 28.5 Å². The molecule has 0 N–H and O–H groups in total. The molecular weight excluding hydrogens is 374 g/mol. The van der Waals surface area contributed by atoms with Crippen molar-refractivity contribution in [1.82, 2.24) is 0 Å². The summed E-state index contributed by atoms with van der Waals surface area (Å²) in [6, 6.07) is 13.5. The molecule has 1 saturated heterocycles. The zero-order chi connectivity index (χ0) is 21.2. The molecule has 1 aliphatic heterocycles. The van der Waals surface area contributed by atoms with Crippen molar-refractivity contribution in [3.05, 3.63) is 54.1 Å². The van der Waals surface area contributed by atoms with Gasteiger partial charge >= 0.3 is 12.1 Å². The molecule has 0 spiro atoms. The van der Waals surface area contributed by atoms with Crippen LogP contribution in [-0.4, -0.2) is 38.0 Å². The summed E-state index contributed by atoms with van der Waals surface area (Å²) in [4.78, 5) is 27.0. The van der Waals surface area contributed by atoms with Crippen LogP contribution in [0.5, 0.6) is 11.5 Å². The van der Waals surface area contributed by atoms with E-state index in [-0.39, 0.29) is 0 Å². The molecule has 7 heteroatoms. The minimum atomic E-state index is -1.10. The number of methoxy groups -OCH3 is 2. The lowest BCUT2D eigenvalue weighted by atomic mass is 9.99. The number of anilines is 1. The predicted octanol–water partition coefficient (Wildman–Crippen LogP) is 4.11. The third-order valence-corrected chi connectivity index (χ3v) is 4.44. The number of carbonyl (C=O) groups is 2. The van der Waals surface area contributed by atoms with E-state index in [1.165, 1.54) is 4.90 Å². The summed E-state index contributed by atoms with van der Waals surface area (Å²) in [5.41, 5.74) is 0.604. The zero-order valence-corrected chi connectivity index (χ0v) is 17.2. The minimum Gasteiger partial charge on any atom is -0.497 e. The molecule has 7 nitrogen and oxygen atoms in total. The molecule has 2 aromatic carbocycles. The average molecular weight is 399 g/mol. The quantitative estimate of drug-likeness (QED) is 0.705. The van der Waals surface area contributed by atoms with Crippen LogP contribution in [0.4, 0.5) is 10.5 Å². The second-order valence-corrected chi connectivity index (χ2v) is 7.62. The van der Waals surface area contributed by atoms with Gasteiger partial charge in [-0.3, -0.25) is 4.90 Å². The molecule has 0 radical (unpaired) electrons. The monoisotopic (exact) mass is 399 g/mol. The van der Waals surface area contributed by atoms with Crippen LogP contribution in [0.15, 0.2) is 48.5 Å². The molecule has 1 amide bonds. The fourth-order valence-corrected chi connectivity index (χ4v) is 3.15. The van der Waals surface area contributed by atoms with E-state index in [1.54, 1.807) is 83.5 Å². The molecule has 0 bridgehead atoms. The Labute approximate surface area is 170 Å².